The SMILES string of the molecule is Cc1nc(CC(C)C)sc1-c1ccnc(N)n1. The number of aryl methyl sites for hydroxylation is 1. The first-order chi connectivity index (χ1) is 8.06. The van der Waals surface area contributed by atoms with E-state index in [2.05, 4.69) is 28.8 Å². The van der Waals surface area contributed by atoms with Crippen molar-refractivity contribution in [2.75, 3.05) is 5.73 Å². The van der Waals surface area contributed by atoms with Crippen molar-refractivity contribution in [1.82, 2.24) is 15.0 Å². The summed E-state index contributed by atoms with van der Waals surface area (Å²) >= 11 is 1.69. The molecule has 2 rings (SSSR count). The van der Waals surface area contributed by atoms with Crippen molar-refractivity contribution < 1.29 is 0 Å². The maximum atomic E-state index is 5.60. The van der Waals surface area contributed by atoms with E-state index in [4.69, 9.17) is 5.73 Å². The second-order valence-electron chi connectivity index (χ2n) is 4.42. The Hall–Kier alpha value is -1.49. The molecule has 0 aromatic carbocycles. The number of nitrogen functional groups attached to an aromatic ring is 1. The summed E-state index contributed by atoms with van der Waals surface area (Å²) in [6.45, 7) is 6.39. The van der Waals surface area contributed by atoms with Crippen molar-refractivity contribution >= 4 is 17.3 Å². The summed E-state index contributed by atoms with van der Waals surface area (Å²) in [7, 11) is 0. The van der Waals surface area contributed by atoms with Crippen molar-refractivity contribution in [2.45, 2.75) is 27.2 Å². The van der Waals surface area contributed by atoms with Crippen LogP contribution in [0, 0.1) is 12.8 Å². The van der Waals surface area contributed by atoms with Crippen LogP contribution in [0.25, 0.3) is 10.6 Å². The summed E-state index contributed by atoms with van der Waals surface area (Å²) < 4.78 is 0. The predicted octanol–water partition coefficient (Wildman–Crippen LogP) is 2.69. The molecule has 2 heterocycles. The molecular weight excluding hydrogens is 232 g/mol. The molecule has 2 aromatic rings. The normalized spacial score (nSPS) is 11.1. The first-order valence-corrected chi connectivity index (χ1v) is 6.43. The molecular formula is C12H16N4S. The maximum absolute atomic E-state index is 5.60. The summed E-state index contributed by atoms with van der Waals surface area (Å²) in [5, 5.41) is 1.16. The van der Waals surface area contributed by atoms with Gasteiger partial charge >= 0.3 is 0 Å². The van der Waals surface area contributed by atoms with E-state index in [9.17, 15) is 0 Å². The molecule has 0 saturated heterocycles. The third kappa shape index (κ3) is 2.79. The molecule has 0 spiro atoms. The number of nitrogens with zero attached hydrogens (tertiary/aromatic N) is 3. The van der Waals surface area contributed by atoms with E-state index in [1.54, 1.807) is 17.5 Å². The zero-order chi connectivity index (χ0) is 12.4. The average molecular weight is 248 g/mol. The van der Waals surface area contributed by atoms with Crippen LogP contribution in [0.4, 0.5) is 5.95 Å². The topological polar surface area (TPSA) is 64.7 Å². The number of nitrogens with two attached hydrogens (primary N) is 1. The highest BCUT2D eigenvalue weighted by Crippen LogP contribution is 2.29. The van der Waals surface area contributed by atoms with Crippen LogP contribution < -0.4 is 5.73 Å². The third-order valence-electron chi connectivity index (χ3n) is 2.33. The second kappa shape index (κ2) is 4.79. The van der Waals surface area contributed by atoms with Gasteiger partial charge in [-0.2, -0.15) is 0 Å². The molecule has 17 heavy (non-hydrogen) atoms. The fourth-order valence-corrected chi connectivity index (χ4v) is 2.87. The minimum absolute atomic E-state index is 0.306. The minimum Gasteiger partial charge on any atom is -0.368 e. The van der Waals surface area contributed by atoms with E-state index < -0.39 is 0 Å². The number of rotatable bonds is 3. The molecule has 0 aliphatic heterocycles. The standard InChI is InChI=1S/C12H16N4S/c1-7(2)6-10-15-8(3)11(17-10)9-4-5-14-12(13)16-9/h4-5,7H,6H2,1-3H3,(H2,13,14,16). The van der Waals surface area contributed by atoms with Gasteiger partial charge in [0.1, 0.15) is 0 Å². The van der Waals surface area contributed by atoms with Crippen LogP contribution in [0.1, 0.15) is 24.5 Å². The second-order valence-corrected chi connectivity index (χ2v) is 5.50. The number of aromatic nitrogens is 3. The Balaban J connectivity index is 2.36. The molecule has 5 heteroatoms. The summed E-state index contributed by atoms with van der Waals surface area (Å²) in [5.41, 5.74) is 7.48. The molecule has 0 aliphatic carbocycles. The Labute approximate surface area is 105 Å². The van der Waals surface area contributed by atoms with Gasteiger partial charge in [-0.05, 0) is 18.9 Å². The highest BCUT2D eigenvalue weighted by atomic mass is 32.1. The molecule has 90 valence electrons. The van der Waals surface area contributed by atoms with Gasteiger partial charge in [-0.1, -0.05) is 13.8 Å². The number of hydrogen-bond donors (Lipinski definition) is 1. The lowest BCUT2D eigenvalue weighted by molar-refractivity contribution is 0.643. The molecule has 0 saturated carbocycles. The van der Waals surface area contributed by atoms with Crippen LogP contribution >= 0.6 is 11.3 Å². The van der Waals surface area contributed by atoms with Crippen LogP contribution in [0.15, 0.2) is 12.3 Å². The van der Waals surface area contributed by atoms with Crippen LogP contribution in [-0.4, -0.2) is 15.0 Å². The van der Waals surface area contributed by atoms with Gasteiger partial charge in [0.05, 0.1) is 21.3 Å². The van der Waals surface area contributed by atoms with E-state index in [1.807, 2.05) is 13.0 Å². The molecule has 0 amide bonds. The lowest BCUT2D eigenvalue weighted by atomic mass is 10.1. The Morgan fingerprint density at radius 2 is 2.12 bits per heavy atom. The summed E-state index contributed by atoms with van der Waals surface area (Å²) in [4.78, 5) is 13.8. The molecule has 0 radical (unpaired) electrons. The fourth-order valence-electron chi connectivity index (χ4n) is 1.63. The van der Waals surface area contributed by atoms with Crippen LogP contribution in [0.3, 0.4) is 0 Å². The molecule has 2 aromatic heterocycles. The van der Waals surface area contributed by atoms with Gasteiger partial charge in [0, 0.05) is 12.6 Å². The number of anilines is 1. The zero-order valence-electron chi connectivity index (χ0n) is 10.3. The Bertz CT molecular complexity index is 519. The lowest BCUT2D eigenvalue weighted by Crippen LogP contribution is -1.94. The molecule has 0 aliphatic rings. The minimum atomic E-state index is 0.306. The smallest absolute Gasteiger partial charge is 0.220 e. The first kappa shape index (κ1) is 12.0. The summed E-state index contributed by atoms with van der Waals surface area (Å²) in [6.07, 6.45) is 2.69. The van der Waals surface area contributed by atoms with Crippen molar-refractivity contribution in [3.05, 3.63) is 23.0 Å². The monoisotopic (exact) mass is 248 g/mol. The molecule has 0 fully saturated rings. The van der Waals surface area contributed by atoms with Crippen molar-refractivity contribution in [1.29, 1.82) is 0 Å². The number of thiazole rings is 1. The van der Waals surface area contributed by atoms with Gasteiger partial charge in [-0.15, -0.1) is 11.3 Å². The quantitative estimate of drug-likeness (QED) is 0.907. The van der Waals surface area contributed by atoms with E-state index in [0.29, 0.717) is 11.9 Å². The van der Waals surface area contributed by atoms with Gasteiger partial charge in [0.2, 0.25) is 5.95 Å². The molecule has 2 N–H and O–H groups in total. The molecule has 0 bridgehead atoms. The first-order valence-electron chi connectivity index (χ1n) is 5.61. The van der Waals surface area contributed by atoms with E-state index in [1.165, 1.54) is 0 Å². The Morgan fingerprint density at radius 1 is 1.35 bits per heavy atom. The van der Waals surface area contributed by atoms with Gasteiger partial charge in [0.15, 0.2) is 0 Å². The lowest BCUT2D eigenvalue weighted by Gasteiger charge is -1.99. The summed E-state index contributed by atoms with van der Waals surface area (Å²) in [5.74, 6) is 0.921. The Kier molecular flexibility index (Phi) is 3.38. The highest BCUT2D eigenvalue weighted by Gasteiger charge is 2.12. The average Bonchev–Trinajstić information content (AvgIpc) is 2.58. The van der Waals surface area contributed by atoms with Crippen molar-refractivity contribution in [3.63, 3.8) is 0 Å². The molecule has 0 unspecified atom stereocenters. The predicted molar refractivity (Wildman–Crippen MR) is 70.8 cm³/mol. The Morgan fingerprint density at radius 3 is 2.76 bits per heavy atom. The molecule has 4 nitrogen and oxygen atoms in total. The molecule has 0 atom stereocenters. The van der Waals surface area contributed by atoms with Crippen molar-refractivity contribution in [3.8, 4) is 10.6 Å². The van der Waals surface area contributed by atoms with Crippen molar-refractivity contribution in [2.24, 2.45) is 5.92 Å². The number of hydrogen-bond acceptors (Lipinski definition) is 5. The third-order valence-corrected chi connectivity index (χ3v) is 3.53. The zero-order valence-corrected chi connectivity index (χ0v) is 11.1. The van der Waals surface area contributed by atoms with Crippen LogP contribution in [0.5, 0.6) is 0 Å². The van der Waals surface area contributed by atoms with Crippen LogP contribution in [-0.2, 0) is 6.42 Å². The maximum Gasteiger partial charge on any atom is 0.220 e. The highest BCUT2D eigenvalue weighted by molar-refractivity contribution is 7.15. The van der Waals surface area contributed by atoms with Crippen LogP contribution in [0.2, 0.25) is 0 Å². The summed E-state index contributed by atoms with van der Waals surface area (Å²) in [6, 6.07) is 1.87. The largest absolute Gasteiger partial charge is 0.368 e. The van der Waals surface area contributed by atoms with E-state index in [-0.39, 0.29) is 0 Å². The van der Waals surface area contributed by atoms with Gasteiger partial charge in [-0.25, -0.2) is 15.0 Å². The van der Waals surface area contributed by atoms with E-state index >= 15 is 0 Å². The van der Waals surface area contributed by atoms with E-state index in [0.717, 1.165) is 27.7 Å². The van der Waals surface area contributed by atoms with Gasteiger partial charge in [-0.3, -0.25) is 0 Å². The van der Waals surface area contributed by atoms with Gasteiger partial charge < -0.3 is 5.73 Å². The fraction of sp³-hybridized carbons (Fsp3) is 0.417. The van der Waals surface area contributed by atoms with Gasteiger partial charge in [0.25, 0.3) is 0 Å².